The highest BCUT2D eigenvalue weighted by Crippen LogP contribution is 2.18. The number of aromatic nitrogens is 2. The van der Waals surface area contributed by atoms with Crippen molar-refractivity contribution in [3.05, 3.63) is 53.9 Å². The summed E-state index contributed by atoms with van der Waals surface area (Å²) in [5.41, 5.74) is 2.41. The van der Waals surface area contributed by atoms with Crippen LogP contribution < -0.4 is 0 Å². The first-order chi connectivity index (χ1) is 12.7. The number of aryl methyl sites for hydroxylation is 2. The molecule has 1 unspecified atom stereocenters. The van der Waals surface area contributed by atoms with Crippen LogP contribution in [-0.2, 0) is 17.9 Å². The van der Waals surface area contributed by atoms with Crippen LogP contribution in [0.4, 0.5) is 0 Å². The molecule has 3 rings (SSSR count). The van der Waals surface area contributed by atoms with Gasteiger partial charge in [0.2, 0.25) is 5.91 Å². The number of hydrogen-bond donors (Lipinski definition) is 0. The maximum Gasteiger partial charge on any atom is 0.224 e. The van der Waals surface area contributed by atoms with E-state index in [9.17, 15) is 4.79 Å². The number of hydrogen-bond acceptors (Lipinski definition) is 3. The lowest BCUT2D eigenvalue weighted by atomic mass is 10.1. The Balaban J connectivity index is 1.57. The SMILES string of the molecule is CCC1CN(CCCn2cc(C)cn2)CCC(=O)N1Cc1ccccc1. The molecule has 140 valence electrons. The highest BCUT2D eigenvalue weighted by atomic mass is 16.2. The monoisotopic (exact) mass is 354 g/mol. The lowest BCUT2D eigenvalue weighted by molar-refractivity contribution is -0.133. The molecule has 0 saturated carbocycles. The van der Waals surface area contributed by atoms with Crippen molar-refractivity contribution in [2.75, 3.05) is 19.6 Å². The smallest absolute Gasteiger partial charge is 0.224 e. The summed E-state index contributed by atoms with van der Waals surface area (Å²) < 4.78 is 2.01. The summed E-state index contributed by atoms with van der Waals surface area (Å²) in [6.07, 6.45) is 6.66. The zero-order chi connectivity index (χ0) is 18.4. The van der Waals surface area contributed by atoms with Crippen molar-refractivity contribution in [2.45, 2.75) is 52.2 Å². The number of rotatable bonds is 7. The van der Waals surface area contributed by atoms with E-state index in [0.717, 1.165) is 45.6 Å². The van der Waals surface area contributed by atoms with Gasteiger partial charge in [-0.2, -0.15) is 5.10 Å². The van der Waals surface area contributed by atoms with Crippen molar-refractivity contribution in [1.29, 1.82) is 0 Å². The van der Waals surface area contributed by atoms with E-state index in [1.807, 2.05) is 29.1 Å². The van der Waals surface area contributed by atoms with Crippen molar-refractivity contribution in [3.63, 3.8) is 0 Å². The van der Waals surface area contributed by atoms with Crippen molar-refractivity contribution >= 4 is 5.91 Å². The molecule has 5 heteroatoms. The second kappa shape index (κ2) is 8.99. The highest BCUT2D eigenvalue weighted by Gasteiger charge is 2.28. The Morgan fingerprint density at radius 1 is 1.19 bits per heavy atom. The average Bonchev–Trinajstić information content (AvgIpc) is 3.01. The molecule has 1 aliphatic rings. The van der Waals surface area contributed by atoms with Crippen LogP contribution in [0.25, 0.3) is 0 Å². The number of nitrogens with zero attached hydrogens (tertiary/aromatic N) is 4. The molecule has 0 radical (unpaired) electrons. The van der Waals surface area contributed by atoms with Crippen LogP contribution >= 0.6 is 0 Å². The molecule has 26 heavy (non-hydrogen) atoms. The molecule has 1 fully saturated rings. The quantitative estimate of drug-likeness (QED) is 0.767. The number of carbonyl (C=O) groups is 1. The zero-order valence-corrected chi connectivity index (χ0v) is 16.0. The third kappa shape index (κ3) is 4.94. The maximum atomic E-state index is 12.7. The van der Waals surface area contributed by atoms with Gasteiger partial charge in [0.15, 0.2) is 0 Å². The van der Waals surface area contributed by atoms with Crippen LogP contribution in [-0.4, -0.2) is 51.2 Å². The third-order valence-corrected chi connectivity index (χ3v) is 5.16. The van der Waals surface area contributed by atoms with E-state index in [1.54, 1.807) is 0 Å². The molecule has 5 nitrogen and oxygen atoms in total. The molecule has 1 aromatic carbocycles. The van der Waals surface area contributed by atoms with Crippen LogP contribution in [0.1, 0.15) is 37.3 Å². The maximum absolute atomic E-state index is 12.7. The van der Waals surface area contributed by atoms with Crippen molar-refractivity contribution in [1.82, 2.24) is 19.6 Å². The standard InChI is InChI=1S/C21H30N4O/c1-3-20-17-23(11-7-12-24-15-18(2)14-22-24)13-10-21(26)25(20)16-19-8-5-4-6-9-19/h4-6,8-9,14-15,20H,3,7,10-13,16-17H2,1-2H3. The summed E-state index contributed by atoms with van der Waals surface area (Å²) in [5.74, 6) is 0.283. The van der Waals surface area contributed by atoms with Crippen LogP contribution in [0.15, 0.2) is 42.7 Å². The molecule has 1 aromatic heterocycles. The predicted molar refractivity (Wildman–Crippen MR) is 104 cm³/mol. The van der Waals surface area contributed by atoms with Crippen molar-refractivity contribution in [2.24, 2.45) is 0 Å². The number of carbonyl (C=O) groups excluding carboxylic acids is 1. The molecular weight excluding hydrogens is 324 g/mol. The molecule has 1 saturated heterocycles. The van der Waals surface area contributed by atoms with Gasteiger partial charge in [-0.15, -0.1) is 0 Å². The Morgan fingerprint density at radius 2 is 2.00 bits per heavy atom. The van der Waals surface area contributed by atoms with E-state index in [2.05, 4.69) is 47.1 Å². The van der Waals surface area contributed by atoms with Crippen molar-refractivity contribution < 1.29 is 4.79 Å². The van der Waals surface area contributed by atoms with E-state index in [4.69, 9.17) is 0 Å². The lowest BCUT2D eigenvalue weighted by Gasteiger charge is -2.31. The van der Waals surface area contributed by atoms with Gasteiger partial charge in [0.05, 0.1) is 6.20 Å². The Bertz CT molecular complexity index is 697. The van der Waals surface area contributed by atoms with E-state index >= 15 is 0 Å². The summed E-state index contributed by atoms with van der Waals surface area (Å²) >= 11 is 0. The van der Waals surface area contributed by atoms with Crippen LogP contribution in [0, 0.1) is 6.92 Å². The van der Waals surface area contributed by atoms with E-state index in [0.29, 0.717) is 6.42 Å². The van der Waals surface area contributed by atoms with Gasteiger partial charge in [0, 0.05) is 44.8 Å². The minimum Gasteiger partial charge on any atom is -0.334 e. The zero-order valence-electron chi connectivity index (χ0n) is 16.0. The molecule has 1 amide bonds. The Kier molecular flexibility index (Phi) is 6.45. The molecule has 2 aromatic rings. The largest absolute Gasteiger partial charge is 0.334 e. The first-order valence-electron chi connectivity index (χ1n) is 9.70. The summed E-state index contributed by atoms with van der Waals surface area (Å²) in [4.78, 5) is 17.3. The Morgan fingerprint density at radius 3 is 2.69 bits per heavy atom. The minimum atomic E-state index is 0.283. The van der Waals surface area contributed by atoms with Crippen LogP contribution in [0.5, 0.6) is 0 Å². The summed E-state index contributed by atoms with van der Waals surface area (Å²) in [7, 11) is 0. The topological polar surface area (TPSA) is 41.4 Å². The molecule has 2 heterocycles. The molecule has 0 spiro atoms. The molecule has 1 aliphatic heterocycles. The fourth-order valence-electron chi connectivity index (χ4n) is 3.68. The summed E-state index contributed by atoms with van der Waals surface area (Å²) in [6, 6.07) is 10.6. The summed E-state index contributed by atoms with van der Waals surface area (Å²) in [6.45, 7) is 8.75. The lowest BCUT2D eigenvalue weighted by Crippen LogP contribution is -2.42. The van der Waals surface area contributed by atoms with Gasteiger partial charge >= 0.3 is 0 Å². The molecule has 1 atom stereocenters. The van der Waals surface area contributed by atoms with Gasteiger partial charge in [-0.1, -0.05) is 37.3 Å². The Labute approximate surface area is 156 Å². The third-order valence-electron chi connectivity index (χ3n) is 5.16. The highest BCUT2D eigenvalue weighted by molar-refractivity contribution is 5.77. The molecule has 0 aliphatic carbocycles. The fraction of sp³-hybridized carbons (Fsp3) is 0.524. The normalized spacial score (nSPS) is 18.9. The second-order valence-corrected chi connectivity index (χ2v) is 7.25. The molecular formula is C21H30N4O. The Hall–Kier alpha value is -2.14. The van der Waals surface area contributed by atoms with Gasteiger partial charge < -0.3 is 9.80 Å². The number of benzene rings is 1. The predicted octanol–water partition coefficient (Wildman–Crippen LogP) is 3.09. The van der Waals surface area contributed by atoms with E-state index in [-0.39, 0.29) is 11.9 Å². The van der Waals surface area contributed by atoms with Gasteiger partial charge in [-0.3, -0.25) is 9.48 Å². The molecule has 0 bridgehead atoms. The second-order valence-electron chi connectivity index (χ2n) is 7.25. The minimum absolute atomic E-state index is 0.283. The first-order valence-corrected chi connectivity index (χ1v) is 9.70. The van der Waals surface area contributed by atoms with Gasteiger partial charge in [0.25, 0.3) is 0 Å². The molecule has 0 N–H and O–H groups in total. The summed E-state index contributed by atoms with van der Waals surface area (Å²) in [5, 5.41) is 4.35. The van der Waals surface area contributed by atoms with Gasteiger partial charge in [0.1, 0.15) is 0 Å². The number of amides is 1. The van der Waals surface area contributed by atoms with Crippen LogP contribution in [0.2, 0.25) is 0 Å². The van der Waals surface area contributed by atoms with Crippen molar-refractivity contribution in [3.8, 4) is 0 Å². The first kappa shape index (κ1) is 18.6. The average molecular weight is 354 g/mol. The van der Waals surface area contributed by atoms with E-state index < -0.39 is 0 Å². The fourth-order valence-corrected chi connectivity index (χ4v) is 3.68. The van der Waals surface area contributed by atoms with E-state index in [1.165, 1.54) is 11.1 Å². The van der Waals surface area contributed by atoms with Gasteiger partial charge in [-0.25, -0.2) is 0 Å². The van der Waals surface area contributed by atoms with Gasteiger partial charge in [-0.05, 0) is 37.4 Å². The van der Waals surface area contributed by atoms with Crippen LogP contribution in [0.3, 0.4) is 0 Å².